The average molecular weight is 195 g/mol. The van der Waals surface area contributed by atoms with Gasteiger partial charge in [-0.25, -0.2) is 0 Å². The van der Waals surface area contributed by atoms with Crippen molar-refractivity contribution in [3.05, 3.63) is 0 Å². The lowest BCUT2D eigenvalue weighted by molar-refractivity contribution is -0.129. The van der Waals surface area contributed by atoms with Gasteiger partial charge in [-0.15, -0.1) is 0 Å². The second kappa shape index (κ2) is 2.98. The Morgan fingerprint density at radius 1 is 1.43 bits per heavy atom. The van der Waals surface area contributed by atoms with Crippen LogP contribution < -0.4 is 5.32 Å². The van der Waals surface area contributed by atoms with Crippen LogP contribution >= 0.6 is 0 Å². The molecule has 2 heteroatoms. The SMILES string of the molecule is CC(C)(C)CC1CC2(CC2)CNC1=O. The number of nitrogens with one attached hydrogen (secondary N) is 1. The van der Waals surface area contributed by atoms with Gasteiger partial charge >= 0.3 is 0 Å². The van der Waals surface area contributed by atoms with Crippen molar-refractivity contribution < 1.29 is 4.79 Å². The Kier molecular flexibility index (Phi) is 2.13. The molecule has 1 saturated carbocycles. The normalized spacial score (nSPS) is 30.2. The molecule has 0 aromatic heterocycles. The van der Waals surface area contributed by atoms with Crippen molar-refractivity contribution in [2.75, 3.05) is 6.54 Å². The number of hydrogen-bond donors (Lipinski definition) is 1. The Hall–Kier alpha value is -0.530. The number of carbonyl (C=O) groups is 1. The molecule has 1 aliphatic carbocycles. The van der Waals surface area contributed by atoms with Crippen LogP contribution in [0.15, 0.2) is 0 Å². The van der Waals surface area contributed by atoms with E-state index in [0.717, 1.165) is 19.4 Å². The lowest BCUT2D eigenvalue weighted by Gasteiger charge is -2.33. The molecule has 0 bridgehead atoms. The Morgan fingerprint density at radius 3 is 2.57 bits per heavy atom. The monoisotopic (exact) mass is 195 g/mol. The topological polar surface area (TPSA) is 29.1 Å². The second-order valence-corrected chi connectivity index (χ2v) is 6.38. The van der Waals surface area contributed by atoms with E-state index in [1.54, 1.807) is 0 Å². The van der Waals surface area contributed by atoms with Crippen molar-refractivity contribution >= 4 is 5.91 Å². The second-order valence-electron chi connectivity index (χ2n) is 6.38. The molecule has 2 fully saturated rings. The summed E-state index contributed by atoms with van der Waals surface area (Å²) in [5.41, 5.74) is 0.791. The standard InChI is InChI=1S/C12H21NO/c1-11(2,3)6-9-7-12(4-5-12)8-13-10(9)14/h9H,4-8H2,1-3H3,(H,13,14). The zero-order chi connectivity index (χ0) is 10.4. The fourth-order valence-electron chi connectivity index (χ4n) is 2.57. The van der Waals surface area contributed by atoms with Gasteiger partial charge in [0.1, 0.15) is 0 Å². The minimum Gasteiger partial charge on any atom is -0.355 e. The third-order valence-electron chi connectivity index (χ3n) is 3.50. The smallest absolute Gasteiger partial charge is 0.223 e. The highest BCUT2D eigenvalue weighted by Crippen LogP contribution is 2.53. The summed E-state index contributed by atoms with van der Waals surface area (Å²) in [5.74, 6) is 0.559. The van der Waals surface area contributed by atoms with E-state index in [9.17, 15) is 4.79 Å². The first kappa shape index (κ1) is 10.0. The third-order valence-corrected chi connectivity index (χ3v) is 3.50. The first-order valence-electron chi connectivity index (χ1n) is 5.68. The van der Waals surface area contributed by atoms with Crippen LogP contribution in [0.4, 0.5) is 0 Å². The van der Waals surface area contributed by atoms with Crippen LogP contribution in [0.3, 0.4) is 0 Å². The molecule has 2 nitrogen and oxygen atoms in total. The number of amides is 1. The molecule has 1 unspecified atom stereocenters. The first-order valence-corrected chi connectivity index (χ1v) is 5.68. The van der Waals surface area contributed by atoms with Gasteiger partial charge in [-0.3, -0.25) is 4.79 Å². The van der Waals surface area contributed by atoms with Crippen molar-refractivity contribution in [2.45, 2.75) is 46.5 Å². The lowest BCUT2D eigenvalue weighted by atomic mass is 9.77. The van der Waals surface area contributed by atoms with E-state index in [1.807, 2.05) is 0 Å². The van der Waals surface area contributed by atoms with E-state index < -0.39 is 0 Å². The first-order chi connectivity index (χ1) is 6.40. The number of hydrogen-bond acceptors (Lipinski definition) is 1. The van der Waals surface area contributed by atoms with E-state index in [2.05, 4.69) is 26.1 Å². The fourth-order valence-corrected chi connectivity index (χ4v) is 2.57. The van der Waals surface area contributed by atoms with Crippen LogP contribution in [-0.4, -0.2) is 12.5 Å². The molecule has 1 aliphatic heterocycles. The molecule has 1 atom stereocenters. The van der Waals surface area contributed by atoms with E-state index >= 15 is 0 Å². The highest BCUT2D eigenvalue weighted by Gasteiger charge is 2.48. The predicted octanol–water partition coefficient (Wildman–Crippen LogP) is 2.34. The molecule has 1 N–H and O–H groups in total. The van der Waals surface area contributed by atoms with E-state index in [-0.39, 0.29) is 17.2 Å². The highest BCUT2D eigenvalue weighted by molar-refractivity contribution is 5.79. The Labute approximate surface area is 86.5 Å². The molecule has 14 heavy (non-hydrogen) atoms. The summed E-state index contributed by atoms with van der Waals surface area (Å²) >= 11 is 0. The van der Waals surface area contributed by atoms with Gasteiger partial charge in [0, 0.05) is 12.5 Å². The fraction of sp³-hybridized carbons (Fsp3) is 0.917. The van der Waals surface area contributed by atoms with Gasteiger partial charge in [-0.2, -0.15) is 0 Å². The maximum Gasteiger partial charge on any atom is 0.223 e. The maximum atomic E-state index is 11.7. The molecule has 2 aliphatic rings. The molecule has 0 radical (unpaired) electrons. The van der Waals surface area contributed by atoms with Crippen LogP contribution in [0.2, 0.25) is 0 Å². The summed E-state index contributed by atoms with van der Waals surface area (Å²) in [4.78, 5) is 11.7. The summed E-state index contributed by atoms with van der Waals surface area (Å²) in [5, 5.41) is 3.07. The zero-order valence-corrected chi connectivity index (χ0v) is 9.52. The summed E-state index contributed by atoms with van der Waals surface area (Å²) in [7, 11) is 0. The van der Waals surface area contributed by atoms with Crippen molar-refractivity contribution in [3.8, 4) is 0 Å². The molecule has 1 heterocycles. The van der Waals surface area contributed by atoms with Gasteiger partial charge < -0.3 is 5.32 Å². The van der Waals surface area contributed by atoms with Crippen molar-refractivity contribution in [2.24, 2.45) is 16.7 Å². The van der Waals surface area contributed by atoms with Crippen molar-refractivity contribution in [3.63, 3.8) is 0 Å². The third kappa shape index (κ3) is 2.10. The number of rotatable bonds is 1. The quantitative estimate of drug-likeness (QED) is 0.683. The van der Waals surface area contributed by atoms with Gasteiger partial charge in [0.2, 0.25) is 5.91 Å². The van der Waals surface area contributed by atoms with E-state index in [4.69, 9.17) is 0 Å². The summed E-state index contributed by atoms with van der Waals surface area (Å²) in [6, 6.07) is 0. The lowest BCUT2D eigenvalue weighted by Crippen LogP contribution is -2.43. The average Bonchev–Trinajstić information content (AvgIpc) is 2.76. The van der Waals surface area contributed by atoms with Crippen LogP contribution in [0, 0.1) is 16.7 Å². The van der Waals surface area contributed by atoms with Gasteiger partial charge in [-0.05, 0) is 36.5 Å². The molecule has 2 rings (SSSR count). The van der Waals surface area contributed by atoms with Gasteiger partial charge in [0.05, 0.1) is 0 Å². The summed E-state index contributed by atoms with van der Waals surface area (Å²) in [6.45, 7) is 7.59. The molecule has 1 spiro atoms. The van der Waals surface area contributed by atoms with Crippen molar-refractivity contribution in [1.82, 2.24) is 5.32 Å². The molecule has 0 aromatic rings. The Morgan fingerprint density at radius 2 is 2.07 bits per heavy atom. The van der Waals surface area contributed by atoms with Crippen LogP contribution in [0.1, 0.15) is 46.5 Å². The summed E-state index contributed by atoms with van der Waals surface area (Å²) < 4.78 is 0. The zero-order valence-electron chi connectivity index (χ0n) is 9.52. The van der Waals surface area contributed by atoms with Crippen LogP contribution in [0.5, 0.6) is 0 Å². The van der Waals surface area contributed by atoms with Crippen LogP contribution in [-0.2, 0) is 4.79 Å². The molecular formula is C12H21NO. The highest BCUT2D eigenvalue weighted by atomic mass is 16.1. The Balaban J connectivity index is 1.98. The molecule has 0 aromatic carbocycles. The van der Waals surface area contributed by atoms with Crippen molar-refractivity contribution in [1.29, 1.82) is 0 Å². The number of piperidine rings is 1. The largest absolute Gasteiger partial charge is 0.355 e. The van der Waals surface area contributed by atoms with Gasteiger partial charge in [0.25, 0.3) is 0 Å². The molecule has 1 saturated heterocycles. The predicted molar refractivity (Wildman–Crippen MR) is 56.9 cm³/mol. The maximum absolute atomic E-state index is 11.7. The van der Waals surface area contributed by atoms with E-state index in [0.29, 0.717) is 5.41 Å². The minimum atomic E-state index is 0.270. The van der Waals surface area contributed by atoms with E-state index in [1.165, 1.54) is 12.8 Å². The minimum absolute atomic E-state index is 0.270. The van der Waals surface area contributed by atoms with Gasteiger partial charge in [0.15, 0.2) is 0 Å². The number of carbonyl (C=O) groups excluding carboxylic acids is 1. The summed E-state index contributed by atoms with van der Waals surface area (Å²) in [6.07, 6.45) is 4.82. The van der Waals surface area contributed by atoms with Crippen LogP contribution in [0.25, 0.3) is 0 Å². The van der Waals surface area contributed by atoms with Gasteiger partial charge in [-0.1, -0.05) is 20.8 Å². The Bertz CT molecular complexity index is 246. The molecule has 80 valence electrons. The molecule has 1 amide bonds. The molecular weight excluding hydrogens is 174 g/mol.